The molecule has 0 aromatic carbocycles. The Balaban J connectivity index is 2.58. The Labute approximate surface area is 74.9 Å². The van der Waals surface area contributed by atoms with E-state index in [-0.39, 0.29) is 0 Å². The smallest absolute Gasteiger partial charge is 0.136 e. The van der Waals surface area contributed by atoms with E-state index in [0.717, 1.165) is 25.7 Å². The Morgan fingerprint density at radius 2 is 2.42 bits per heavy atom. The third-order valence-electron chi connectivity index (χ3n) is 2.93. The van der Waals surface area contributed by atoms with Gasteiger partial charge in [-0.25, -0.2) is 0 Å². The molecule has 0 amide bonds. The summed E-state index contributed by atoms with van der Waals surface area (Å²) >= 11 is 0. The first-order chi connectivity index (χ1) is 5.79. The summed E-state index contributed by atoms with van der Waals surface area (Å²) in [5, 5.41) is 0. The Morgan fingerprint density at radius 1 is 1.67 bits per heavy atom. The van der Waals surface area contributed by atoms with E-state index in [1.54, 1.807) is 0 Å². The Kier molecular flexibility index (Phi) is 3.51. The zero-order chi connectivity index (χ0) is 8.97. The van der Waals surface area contributed by atoms with Crippen molar-refractivity contribution >= 4 is 5.78 Å². The molecule has 0 unspecified atom stereocenters. The van der Waals surface area contributed by atoms with Gasteiger partial charge in [-0.15, -0.1) is 6.58 Å². The molecule has 1 heteroatoms. The van der Waals surface area contributed by atoms with E-state index >= 15 is 0 Å². The van der Waals surface area contributed by atoms with Crippen LogP contribution in [0.1, 0.15) is 39.0 Å². The summed E-state index contributed by atoms with van der Waals surface area (Å²) in [5.74, 6) is 1.39. The second kappa shape index (κ2) is 4.44. The lowest BCUT2D eigenvalue weighted by Crippen LogP contribution is -2.27. The van der Waals surface area contributed by atoms with Gasteiger partial charge in [0.15, 0.2) is 0 Å². The summed E-state index contributed by atoms with van der Waals surface area (Å²) in [7, 11) is 0. The van der Waals surface area contributed by atoms with Gasteiger partial charge in [-0.3, -0.25) is 4.79 Å². The van der Waals surface area contributed by atoms with Crippen LogP contribution in [0, 0.1) is 11.8 Å². The van der Waals surface area contributed by atoms with E-state index in [1.165, 1.54) is 6.42 Å². The van der Waals surface area contributed by atoms with Crippen LogP contribution >= 0.6 is 0 Å². The summed E-state index contributed by atoms with van der Waals surface area (Å²) in [6.07, 6.45) is 7.05. The molecule has 0 aliphatic heterocycles. The highest BCUT2D eigenvalue weighted by Crippen LogP contribution is 2.31. The number of carbonyl (C=O) groups excluding carboxylic acids is 1. The van der Waals surface area contributed by atoms with Crippen LogP contribution in [-0.4, -0.2) is 5.78 Å². The molecule has 0 heterocycles. The minimum atomic E-state index is 0.293. The number of allylic oxidation sites excluding steroid dienone is 1. The Hall–Kier alpha value is -0.590. The number of Topliss-reactive ketones (excluding diaryl/α,β-unsaturated/α-hetero) is 1. The van der Waals surface area contributed by atoms with Crippen LogP contribution < -0.4 is 0 Å². The van der Waals surface area contributed by atoms with Gasteiger partial charge in [0.2, 0.25) is 0 Å². The van der Waals surface area contributed by atoms with Crippen molar-refractivity contribution in [1.29, 1.82) is 0 Å². The first-order valence-corrected chi connectivity index (χ1v) is 4.93. The quantitative estimate of drug-likeness (QED) is 0.589. The third-order valence-corrected chi connectivity index (χ3v) is 2.93. The summed E-state index contributed by atoms with van der Waals surface area (Å²) in [4.78, 5) is 11.5. The molecule has 1 nitrogen and oxygen atoms in total. The van der Waals surface area contributed by atoms with E-state index in [2.05, 4.69) is 13.5 Å². The predicted molar refractivity (Wildman–Crippen MR) is 50.9 cm³/mol. The van der Waals surface area contributed by atoms with Gasteiger partial charge in [0.25, 0.3) is 0 Å². The fraction of sp³-hybridized carbons (Fsp3) is 0.727. The molecule has 1 aliphatic carbocycles. The highest BCUT2D eigenvalue weighted by Gasteiger charge is 2.28. The summed E-state index contributed by atoms with van der Waals surface area (Å²) in [6, 6.07) is 0. The molecule has 0 saturated heterocycles. The Morgan fingerprint density at radius 3 is 3.00 bits per heavy atom. The molecule has 68 valence electrons. The topological polar surface area (TPSA) is 17.1 Å². The molecule has 0 spiro atoms. The molecule has 0 aromatic heterocycles. The fourth-order valence-electron chi connectivity index (χ4n) is 2.18. The van der Waals surface area contributed by atoms with Crippen molar-refractivity contribution in [3.05, 3.63) is 12.7 Å². The van der Waals surface area contributed by atoms with Gasteiger partial charge >= 0.3 is 0 Å². The minimum Gasteiger partial charge on any atom is -0.299 e. The second-order valence-electron chi connectivity index (χ2n) is 3.66. The summed E-state index contributed by atoms with van der Waals surface area (Å²) in [5.41, 5.74) is 0. The van der Waals surface area contributed by atoms with Gasteiger partial charge < -0.3 is 0 Å². The molecule has 1 rings (SSSR count). The van der Waals surface area contributed by atoms with Gasteiger partial charge in [0, 0.05) is 12.3 Å². The van der Waals surface area contributed by atoms with Gasteiger partial charge in [0.05, 0.1) is 0 Å². The summed E-state index contributed by atoms with van der Waals surface area (Å²) < 4.78 is 0. The van der Waals surface area contributed by atoms with E-state index in [4.69, 9.17) is 0 Å². The largest absolute Gasteiger partial charge is 0.299 e. The normalized spacial score (nSPS) is 30.2. The SMILES string of the molecule is C=CC[C@@H]1C(=O)CCC[C@H]1CC. The van der Waals surface area contributed by atoms with Gasteiger partial charge in [-0.1, -0.05) is 19.4 Å². The molecule has 1 fully saturated rings. The average molecular weight is 166 g/mol. The maximum Gasteiger partial charge on any atom is 0.136 e. The number of rotatable bonds is 3. The van der Waals surface area contributed by atoms with Gasteiger partial charge in [-0.2, -0.15) is 0 Å². The van der Waals surface area contributed by atoms with Crippen LogP contribution in [0.4, 0.5) is 0 Å². The molecule has 0 radical (unpaired) electrons. The lowest BCUT2D eigenvalue weighted by atomic mass is 9.75. The fourth-order valence-corrected chi connectivity index (χ4v) is 2.18. The maximum absolute atomic E-state index is 11.5. The Bertz CT molecular complexity index is 172. The zero-order valence-electron chi connectivity index (χ0n) is 7.88. The van der Waals surface area contributed by atoms with Crippen LogP contribution in [0.3, 0.4) is 0 Å². The van der Waals surface area contributed by atoms with E-state index in [1.807, 2.05) is 6.08 Å². The van der Waals surface area contributed by atoms with Crippen LogP contribution in [0.15, 0.2) is 12.7 Å². The lowest BCUT2D eigenvalue weighted by Gasteiger charge is -2.28. The number of hydrogen-bond donors (Lipinski definition) is 0. The standard InChI is InChI=1S/C11H18O/c1-3-6-10-9(4-2)7-5-8-11(10)12/h3,9-10H,1,4-8H2,2H3/t9-,10+/m1/s1. The van der Waals surface area contributed by atoms with Crippen molar-refractivity contribution < 1.29 is 4.79 Å². The van der Waals surface area contributed by atoms with Gasteiger partial charge in [0.1, 0.15) is 5.78 Å². The molecular weight excluding hydrogens is 148 g/mol. The van der Waals surface area contributed by atoms with Crippen LogP contribution in [0.2, 0.25) is 0 Å². The van der Waals surface area contributed by atoms with Crippen LogP contribution in [-0.2, 0) is 4.79 Å². The molecule has 12 heavy (non-hydrogen) atoms. The molecule has 1 aliphatic rings. The van der Waals surface area contributed by atoms with Crippen LogP contribution in [0.5, 0.6) is 0 Å². The number of hydrogen-bond acceptors (Lipinski definition) is 1. The molecule has 0 N–H and O–H groups in total. The number of carbonyl (C=O) groups is 1. The number of ketones is 1. The summed E-state index contributed by atoms with van der Waals surface area (Å²) in [6.45, 7) is 5.89. The monoisotopic (exact) mass is 166 g/mol. The predicted octanol–water partition coefficient (Wildman–Crippen LogP) is 2.96. The maximum atomic E-state index is 11.5. The highest BCUT2D eigenvalue weighted by molar-refractivity contribution is 5.82. The molecule has 0 bridgehead atoms. The molecule has 1 saturated carbocycles. The first kappa shape index (κ1) is 9.50. The molecular formula is C11H18O. The average Bonchev–Trinajstić information content (AvgIpc) is 2.09. The third kappa shape index (κ3) is 1.96. The van der Waals surface area contributed by atoms with Gasteiger partial charge in [-0.05, 0) is 25.2 Å². The van der Waals surface area contributed by atoms with Crippen molar-refractivity contribution in [2.24, 2.45) is 11.8 Å². The second-order valence-corrected chi connectivity index (χ2v) is 3.66. The van der Waals surface area contributed by atoms with E-state index < -0.39 is 0 Å². The van der Waals surface area contributed by atoms with E-state index in [0.29, 0.717) is 17.6 Å². The van der Waals surface area contributed by atoms with Crippen molar-refractivity contribution in [3.8, 4) is 0 Å². The lowest BCUT2D eigenvalue weighted by molar-refractivity contribution is -0.126. The molecule has 0 aromatic rings. The highest BCUT2D eigenvalue weighted by atomic mass is 16.1. The molecule has 2 atom stereocenters. The first-order valence-electron chi connectivity index (χ1n) is 4.93. The zero-order valence-corrected chi connectivity index (χ0v) is 7.88. The van der Waals surface area contributed by atoms with E-state index in [9.17, 15) is 4.79 Å². The van der Waals surface area contributed by atoms with Crippen LogP contribution in [0.25, 0.3) is 0 Å². The minimum absolute atomic E-state index is 0.293. The van der Waals surface area contributed by atoms with Crippen molar-refractivity contribution in [2.75, 3.05) is 0 Å². The van der Waals surface area contributed by atoms with Crippen molar-refractivity contribution in [2.45, 2.75) is 39.0 Å². The van der Waals surface area contributed by atoms with Crippen molar-refractivity contribution in [1.82, 2.24) is 0 Å². The van der Waals surface area contributed by atoms with Crippen molar-refractivity contribution in [3.63, 3.8) is 0 Å².